The number of hydrogen-bond donors (Lipinski definition) is 3. The number of carbonyl (C=O) groups excluding carboxylic acids is 1. The van der Waals surface area contributed by atoms with Crippen molar-refractivity contribution < 1.29 is 4.79 Å². The second kappa shape index (κ2) is 8.29. The molecule has 1 heterocycles. The van der Waals surface area contributed by atoms with E-state index in [2.05, 4.69) is 38.1 Å². The maximum absolute atomic E-state index is 11.6. The van der Waals surface area contributed by atoms with Crippen LogP contribution in [-0.4, -0.2) is 15.9 Å². The molecular formula is C20H23N5O. The summed E-state index contributed by atoms with van der Waals surface area (Å²) in [4.78, 5) is 20.5. The zero-order valence-corrected chi connectivity index (χ0v) is 15.0. The lowest BCUT2D eigenvalue weighted by atomic mass is 10.1. The Morgan fingerprint density at radius 1 is 1.19 bits per heavy atom. The number of amides is 1. The third kappa shape index (κ3) is 4.69. The lowest BCUT2D eigenvalue weighted by Gasteiger charge is -2.13. The number of hydrogen-bond acceptors (Lipinski definition) is 5. The Morgan fingerprint density at radius 2 is 2.04 bits per heavy atom. The SMILES string of the molecule is CCC(=O)Nc1cccc(Nc2nc(NC3=CCCC=C3)ncc2C)c1. The van der Waals surface area contributed by atoms with Gasteiger partial charge in [0.25, 0.3) is 0 Å². The molecule has 0 bridgehead atoms. The molecule has 3 N–H and O–H groups in total. The molecule has 0 fully saturated rings. The first-order chi connectivity index (χ1) is 12.6. The van der Waals surface area contributed by atoms with Crippen molar-refractivity contribution in [2.75, 3.05) is 16.0 Å². The number of nitrogens with zero attached hydrogens (tertiary/aromatic N) is 2. The average molecular weight is 349 g/mol. The highest BCUT2D eigenvalue weighted by molar-refractivity contribution is 5.91. The highest BCUT2D eigenvalue weighted by atomic mass is 16.1. The van der Waals surface area contributed by atoms with E-state index >= 15 is 0 Å². The molecule has 0 aliphatic heterocycles. The Labute approximate surface area is 153 Å². The number of anilines is 4. The molecule has 0 saturated heterocycles. The first kappa shape index (κ1) is 17.7. The van der Waals surface area contributed by atoms with Crippen LogP contribution in [0.1, 0.15) is 31.7 Å². The van der Waals surface area contributed by atoms with Crippen molar-refractivity contribution in [1.82, 2.24) is 9.97 Å². The third-order valence-corrected chi connectivity index (χ3v) is 3.95. The molecule has 0 atom stereocenters. The zero-order valence-electron chi connectivity index (χ0n) is 15.0. The highest BCUT2D eigenvalue weighted by Gasteiger charge is 2.07. The van der Waals surface area contributed by atoms with Gasteiger partial charge in [-0.15, -0.1) is 0 Å². The van der Waals surface area contributed by atoms with Gasteiger partial charge in [0.15, 0.2) is 0 Å². The smallest absolute Gasteiger partial charge is 0.229 e. The van der Waals surface area contributed by atoms with Crippen LogP contribution in [0.5, 0.6) is 0 Å². The molecule has 2 aromatic rings. The van der Waals surface area contributed by atoms with E-state index in [-0.39, 0.29) is 5.91 Å². The van der Waals surface area contributed by atoms with E-state index in [1.807, 2.05) is 44.2 Å². The lowest BCUT2D eigenvalue weighted by molar-refractivity contribution is -0.115. The molecule has 1 aromatic heterocycles. The summed E-state index contributed by atoms with van der Waals surface area (Å²) >= 11 is 0. The minimum absolute atomic E-state index is 0.0133. The van der Waals surface area contributed by atoms with Gasteiger partial charge < -0.3 is 16.0 Å². The predicted octanol–water partition coefficient (Wildman–Crippen LogP) is 4.52. The molecule has 0 spiro atoms. The predicted molar refractivity (Wildman–Crippen MR) is 105 cm³/mol. The number of aryl methyl sites for hydroxylation is 1. The van der Waals surface area contributed by atoms with Crippen molar-refractivity contribution in [2.24, 2.45) is 0 Å². The standard InChI is InChI=1S/C20H23N5O/c1-3-18(26)22-16-10-7-11-17(12-16)23-19-14(2)13-21-20(25-19)24-15-8-5-4-6-9-15/h5,7-13H,3-4,6H2,1-2H3,(H,22,26)(H2,21,23,24,25). The fourth-order valence-corrected chi connectivity index (χ4v) is 2.52. The van der Waals surface area contributed by atoms with Crippen LogP contribution < -0.4 is 16.0 Å². The summed E-state index contributed by atoms with van der Waals surface area (Å²) in [6.07, 6.45) is 10.6. The van der Waals surface area contributed by atoms with Gasteiger partial charge in [0.2, 0.25) is 11.9 Å². The molecule has 134 valence electrons. The fourth-order valence-electron chi connectivity index (χ4n) is 2.52. The number of benzene rings is 1. The van der Waals surface area contributed by atoms with Crippen molar-refractivity contribution in [1.29, 1.82) is 0 Å². The number of rotatable bonds is 6. The summed E-state index contributed by atoms with van der Waals surface area (Å²) in [5, 5.41) is 9.39. The van der Waals surface area contributed by atoms with Crippen LogP contribution in [-0.2, 0) is 4.79 Å². The van der Waals surface area contributed by atoms with E-state index in [0.29, 0.717) is 12.4 Å². The van der Waals surface area contributed by atoms with Crippen LogP contribution in [0.3, 0.4) is 0 Å². The van der Waals surface area contributed by atoms with Crippen molar-refractivity contribution in [3.8, 4) is 0 Å². The van der Waals surface area contributed by atoms with Crippen LogP contribution in [0.4, 0.5) is 23.1 Å². The topological polar surface area (TPSA) is 78.9 Å². The van der Waals surface area contributed by atoms with E-state index in [1.54, 1.807) is 6.20 Å². The van der Waals surface area contributed by atoms with Gasteiger partial charge in [0, 0.05) is 35.3 Å². The first-order valence-electron chi connectivity index (χ1n) is 8.78. The van der Waals surface area contributed by atoms with Gasteiger partial charge in [-0.05, 0) is 44.0 Å². The van der Waals surface area contributed by atoms with E-state index in [9.17, 15) is 4.79 Å². The van der Waals surface area contributed by atoms with Crippen molar-refractivity contribution in [2.45, 2.75) is 33.1 Å². The summed E-state index contributed by atoms with van der Waals surface area (Å²) in [6, 6.07) is 7.57. The van der Waals surface area contributed by atoms with Gasteiger partial charge in [0.05, 0.1) is 0 Å². The van der Waals surface area contributed by atoms with E-state index in [4.69, 9.17) is 0 Å². The van der Waals surface area contributed by atoms with Gasteiger partial charge in [-0.3, -0.25) is 4.79 Å². The molecular weight excluding hydrogens is 326 g/mol. The second-order valence-electron chi connectivity index (χ2n) is 6.10. The van der Waals surface area contributed by atoms with Crippen LogP contribution in [0.25, 0.3) is 0 Å². The molecule has 0 saturated carbocycles. The number of aromatic nitrogens is 2. The molecule has 1 aromatic carbocycles. The summed E-state index contributed by atoms with van der Waals surface area (Å²) in [7, 11) is 0. The molecule has 26 heavy (non-hydrogen) atoms. The Morgan fingerprint density at radius 3 is 2.81 bits per heavy atom. The lowest BCUT2D eigenvalue weighted by Crippen LogP contribution is -2.09. The quantitative estimate of drug-likeness (QED) is 0.714. The van der Waals surface area contributed by atoms with Gasteiger partial charge >= 0.3 is 0 Å². The second-order valence-corrected chi connectivity index (χ2v) is 6.10. The number of nitrogens with one attached hydrogen (secondary N) is 3. The van der Waals surface area contributed by atoms with Gasteiger partial charge in [-0.1, -0.05) is 25.1 Å². The number of allylic oxidation sites excluding steroid dienone is 3. The van der Waals surface area contributed by atoms with Crippen molar-refractivity contribution in [3.63, 3.8) is 0 Å². The maximum Gasteiger partial charge on any atom is 0.229 e. The molecule has 1 amide bonds. The maximum atomic E-state index is 11.6. The summed E-state index contributed by atoms with van der Waals surface area (Å²) in [5.74, 6) is 1.26. The molecule has 3 rings (SSSR count). The van der Waals surface area contributed by atoms with Gasteiger partial charge in [0.1, 0.15) is 5.82 Å². The summed E-state index contributed by atoms with van der Waals surface area (Å²) < 4.78 is 0. The van der Waals surface area contributed by atoms with E-state index < -0.39 is 0 Å². The van der Waals surface area contributed by atoms with E-state index in [0.717, 1.165) is 41.3 Å². The van der Waals surface area contributed by atoms with Gasteiger partial charge in [-0.2, -0.15) is 4.98 Å². The van der Waals surface area contributed by atoms with Crippen LogP contribution in [0.2, 0.25) is 0 Å². The molecule has 0 radical (unpaired) electrons. The molecule has 1 aliphatic carbocycles. The van der Waals surface area contributed by atoms with Crippen LogP contribution >= 0.6 is 0 Å². The van der Waals surface area contributed by atoms with Crippen molar-refractivity contribution in [3.05, 3.63) is 60.0 Å². The first-order valence-corrected chi connectivity index (χ1v) is 8.78. The summed E-state index contributed by atoms with van der Waals surface area (Å²) in [6.45, 7) is 3.78. The third-order valence-electron chi connectivity index (χ3n) is 3.95. The summed E-state index contributed by atoms with van der Waals surface area (Å²) in [5.41, 5.74) is 3.55. The zero-order chi connectivity index (χ0) is 18.4. The number of carbonyl (C=O) groups is 1. The molecule has 0 unspecified atom stereocenters. The van der Waals surface area contributed by atoms with Crippen LogP contribution in [0, 0.1) is 6.92 Å². The highest BCUT2D eigenvalue weighted by Crippen LogP contribution is 2.22. The Bertz CT molecular complexity index is 857. The Hall–Kier alpha value is -3.15. The van der Waals surface area contributed by atoms with Gasteiger partial charge in [-0.25, -0.2) is 4.98 Å². The Balaban J connectivity index is 1.76. The van der Waals surface area contributed by atoms with Crippen LogP contribution in [0.15, 0.2) is 54.4 Å². The molecule has 1 aliphatic rings. The molecule has 6 nitrogen and oxygen atoms in total. The molecule has 6 heteroatoms. The van der Waals surface area contributed by atoms with E-state index in [1.165, 1.54) is 0 Å². The largest absolute Gasteiger partial charge is 0.340 e. The normalized spacial score (nSPS) is 13.1. The van der Waals surface area contributed by atoms with Crippen molar-refractivity contribution >= 4 is 29.0 Å². The fraction of sp³-hybridized carbons (Fsp3) is 0.250. The minimum atomic E-state index is -0.0133. The monoisotopic (exact) mass is 349 g/mol. The Kier molecular flexibility index (Phi) is 5.63. The average Bonchev–Trinajstić information content (AvgIpc) is 2.65. The minimum Gasteiger partial charge on any atom is -0.340 e.